The zero-order valence-electron chi connectivity index (χ0n) is 16.5. The second-order valence-corrected chi connectivity index (χ2v) is 7.82. The molecule has 0 N–H and O–H groups in total. The Bertz CT molecular complexity index is 676. The molecule has 0 radical (unpaired) electrons. The van der Waals surface area contributed by atoms with Gasteiger partial charge in [-0.1, -0.05) is 18.6 Å². The quantitative estimate of drug-likeness (QED) is 0.764. The van der Waals surface area contributed by atoms with E-state index in [0.717, 1.165) is 43.7 Å². The molecular weight excluding hydrogens is 344 g/mol. The van der Waals surface area contributed by atoms with Crippen molar-refractivity contribution >= 4 is 11.8 Å². The molecule has 0 aromatic heterocycles. The zero-order chi connectivity index (χ0) is 19.4. The molecule has 3 atom stereocenters. The first-order chi connectivity index (χ1) is 13.0. The van der Waals surface area contributed by atoms with Crippen LogP contribution in [0.2, 0.25) is 0 Å². The van der Waals surface area contributed by atoms with Crippen molar-refractivity contribution < 1.29 is 19.1 Å². The lowest BCUT2D eigenvalue weighted by Crippen LogP contribution is -2.37. The van der Waals surface area contributed by atoms with Crippen molar-refractivity contribution in [1.29, 1.82) is 0 Å². The Morgan fingerprint density at radius 3 is 2.78 bits per heavy atom. The number of carbonyl (C=O) groups excluding carboxylic acids is 2. The molecule has 1 heterocycles. The summed E-state index contributed by atoms with van der Waals surface area (Å²) in [5, 5.41) is 0. The van der Waals surface area contributed by atoms with E-state index in [0.29, 0.717) is 18.3 Å². The summed E-state index contributed by atoms with van der Waals surface area (Å²) in [7, 11) is 5.11. The summed E-state index contributed by atoms with van der Waals surface area (Å²) in [6.07, 6.45) is 3.66. The normalized spacial score (nSPS) is 24.4. The van der Waals surface area contributed by atoms with Gasteiger partial charge in [-0.25, -0.2) is 0 Å². The number of nitrogens with zero attached hydrogens (tertiary/aromatic N) is 2. The predicted molar refractivity (Wildman–Crippen MR) is 103 cm³/mol. The first-order valence-corrected chi connectivity index (χ1v) is 9.70. The van der Waals surface area contributed by atoms with Crippen LogP contribution < -0.4 is 4.74 Å². The van der Waals surface area contributed by atoms with Crippen LogP contribution in [0.1, 0.15) is 24.8 Å². The van der Waals surface area contributed by atoms with Gasteiger partial charge in [0.05, 0.1) is 19.6 Å². The minimum atomic E-state index is -0.0129. The van der Waals surface area contributed by atoms with E-state index in [1.165, 1.54) is 0 Å². The van der Waals surface area contributed by atoms with Gasteiger partial charge in [0.2, 0.25) is 11.8 Å². The molecule has 27 heavy (non-hydrogen) atoms. The molecule has 2 amide bonds. The lowest BCUT2D eigenvalue weighted by molar-refractivity contribution is -0.138. The summed E-state index contributed by atoms with van der Waals surface area (Å²) in [5.41, 5.74) is 0.971. The lowest BCUT2D eigenvalue weighted by atomic mass is 9.79. The monoisotopic (exact) mass is 374 g/mol. The Morgan fingerprint density at radius 1 is 1.22 bits per heavy atom. The lowest BCUT2D eigenvalue weighted by Gasteiger charge is -2.32. The maximum absolute atomic E-state index is 12.8. The molecule has 1 saturated heterocycles. The number of hydrogen-bond acceptors (Lipinski definition) is 4. The molecule has 1 unspecified atom stereocenters. The van der Waals surface area contributed by atoms with Gasteiger partial charge in [-0.05, 0) is 36.5 Å². The van der Waals surface area contributed by atoms with Gasteiger partial charge in [0, 0.05) is 33.1 Å². The molecule has 6 heteroatoms. The molecule has 1 saturated carbocycles. The average molecular weight is 374 g/mol. The summed E-state index contributed by atoms with van der Waals surface area (Å²) in [6.45, 7) is 1.65. The molecule has 148 valence electrons. The van der Waals surface area contributed by atoms with Gasteiger partial charge in [-0.3, -0.25) is 9.59 Å². The van der Waals surface area contributed by atoms with Crippen molar-refractivity contribution in [2.75, 3.05) is 40.9 Å². The van der Waals surface area contributed by atoms with Crippen molar-refractivity contribution in [1.82, 2.24) is 9.80 Å². The molecule has 2 fully saturated rings. The Labute approximate surface area is 161 Å². The highest BCUT2D eigenvalue weighted by atomic mass is 16.5. The molecule has 6 nitrogen and oxygen atoms in total. The maximum Gasteiger partial charge on any atom is 0.248 e. The van der Waals surface area contributed by atoms with Crippen LogP contribution >= 0.6 is 0 Å². The highest BCUT2D eigenvalue weighted by Crippen LogP contribution is 2.38. The van der Waals surface area contributed by atoms with E-state index in [1.54, 1.807) is 26.1 Å². The second kappa shape index (κ2) is 8.74. The molecule has 0 spiro atoms. The number of benzene rings is 1. The summed E-state index contributed by atoms with van der Waals surface area (Å²) >= 11 is 0. The van der Waals surface area contributed by atoms with Crippen LogP contribution in [0.3, 0.4) is 0 Å². The average Bonchev–Trinajstić information content (AvgIpc) is 3.11. The van der Waals surface area contributed by atoms with Crippen molar-refractivity contribution in [3.63, 3.8) is 0 Å². The maximum atomic E-state index is 12.8. The zero-order valence-corrected chi connectivity index (χ0v) is 16.5. The molecule has 1 aliphatic heterocycles. The fourth-order valence-electron chi connectivity index (χ4n) is 4.21. The fourth-order valence-corrected chi connectivity index (χ4v) is 4.21. The summed E-state index contributed by atoms with van der Waals surface area (Å²) in [6, 6.07) is 7.67. The minimum Gasteiger partial charge on any atom is -0.497 e. The van der Waals surface area contributed by atoms with Crippen LogP contribution in [0.4, 0.5) is 0 Å². The first kappa shape index (κ1) is 19.7. The molecular formula is C21H30N2O4. The van der Waals surface area contributed by atoms with E-state index in [1.807, 2.05) is 29.2 Å². The first-order valence-electron chi connectivity index (χ1n) is 9.70. The standard InChI is InChI=1S/C21H30N2O4/c1-22(2)21(25)14-27-19-9-5-7-16-12-23(13-18(16)19)20(24)11-15-6-4-8-17(10-15)26-3/h4,6,8,10,16,18-19H,5,7,9,11-14H2,1-3H3/t16-,18+,19?/m1/s1. The SMILES string of the molecule is COc1cccc(CC(=O)N2C[C@H]3CCCC(OCC(=O)N(C)C)[C@H]3C2)c1. The second-order valence-electron chi connectivity index (χ2n) is 7.82. The third-order valence-electron chi connectivity index (χ3n) is 5.79. The van der Waals surface area contributed by atoms with Gasteiger partial charge in [0.15, 0.2) is 0 Å². The number of likely N-dealkylation sites (tertiary alicyclic amines) is 1. The molecule has 3 rings (SSSR count). The minimum absolute atomic E-state index is 0.0129. The molecule has 1 aromatic carbocycles. The molecule has 1 aromatic rings. The van der Waals surface area contributed by atoms with Crippen LogP contribution in [0.25, 0.3) is 0 Å². The Balaban J connectivity index is 1.58. The fraction of sp³-hybridized carbons (Fsp3) is 0.619. The van der Waals surface area contributed by atoms with Crippen molar-refractivity contribution in [3.8, 4) is 5.75 Å². The number of carbonyl (C=O) groups is 2. The largest absolute Gasteiger partial charge is 0.497 e. The van der Waals surface area contributed by atoms with Crippen LogP contribution in [0, 0.1) is 11.8 Å². The Morgan fingerprint density at radius 2 is 2.04 bits per heavy atom. The molecule has 2 aliphatic rings. The van der Waals surface area contributed by atoms with E-state index in [9.17, 15) is 9.59 Å². The third kappa shape index (κ3) is 4.80. The van der Waals surface area contributed by atoms with Gasteiger partial charge in [-0.2, -0.15) is 0 Å². The highest BCUT2D eigenvalue weighted by Gasteiger charge is 2.42. The van der Waals surface area contributed by atoms with Crippen LogP contribution in [-0.4, -0.2) is 68.6 Å². The predicted octanol–water partition coefficient (Wildman–Crippen LogP) is 1.97. The van der Waals surface area contributed by atoms with Crippen molar-refractivity contribution in [2.45, 2.75) is 31.8 Å². The van der Waals surface area contributed by atoms with Crippen molar-refractivity contribution in [3.05, 3.63) is 29.8 Å². The van der Waals surface area contributed by atoms with Gasteiger partial charge in [0.1, 0.15) is 12.4 Å². The smallest absolute Gasteiger partial charge is 0.248 e. The summed E-state index contributed by atoms with van der Waals surface area (Å²) < 4.78 is 11.2. The van der Waals surface area contributed by atoms with Gasteiger partial charge < -0.3 is 19.3 Å². The van der Waals surface area contributed by atoms with E-state index in [2.05, 4.69) is 0 Å². The van der Waals surface area contributed by atoms with Crippen molar-refractivity contribution in [2.24, 2.45) is 11.8 Å². The summed E-state index contributed by atoms with van der Waals surface area (Å²) in [5.74, 6) is 1.73. The van der Waals surface area contributed by atoms with E-state index < -0.39 is 0 Å². The van der Waals surface area contributed by atoms with E-state index >= 15 is 0 Å². The van der Waals surface area contributed by atoms with Gasteiger partial charge >= 0.3 is 0 Å². The van der Waals surface area contributed by atoms with E-state index in [-0.39, 0.29) is 24.5 Å². The number of ether oxygens (including phenoxy) is 2. The van der Waals surface area contributed by atoms with Crippen LogP contribution in [0.5, 0.6) is 5.75 Å². The van der Waals surface area contributed by atoms with Crippen LogP contribution in [0.15, 0.2) is 24.3 Å². The highest BCUT2D eigenvalue weighted by molar-refractivity contribution is 5.79. The third-order valence-corrected chi connectivity index (χ3v) is 5.79. The van der Waals surface area contributed by atoms with Gasteiger partial charge in [0.25, 0.3) is 0 Å². The Hall–Kier alpha value is -2.08. The number of rotatable bonds is 6. The number of fused-ring (bicyclic) bond motifs is 1. The molecule has 1 aliphatic carbocycles. The van der Waals surface area contributed by atoms with E-state index in [4.69, 9.17) is 9.47 Å². The number of amides is 2. The van der Waals surface area contributed by atoms with Crippen LogP contribution in [-0.2, 0) is 20.7 Å². The van der Waals surface area contributed by atoms with Gasteiger partial charge in [-0.15, -0.1) is 0 Å². The molecule has 0 bridgehead atoms. The summed E-state index contributed by atoms with van der Waals surface area (Å²) in [4.78, 5) is 28.2. The topological polar surface area (TPSA) is 59.1 Å². The number of hydrogen-bond donors (Lipinski definition) is 0. The number of methoxy groups -OCH3 is 1. The number of likely N-dealkylation sites (N-methyl/N-ethyl adjacent to an activating group) is 1. The Kier molecular flexibility index (Phi) is 6.37.